The van der Waals surface area contributed by atoms with Gasteiger partial charge in [-0.25, -0.2) is 4.79 Å². The highest BCUT2D eigenvalue weighted by Gasteiger charge is 1.99. The normalized spacial score (nSPS) is 12.0. The second kappa shape index (κ2) is 7.34. The molecule has 0 fully saturated rings. The molecule has 0 rings (SSSR count). The molecule has 74 valence electrons. The molecule has 0 aromatic heterocycles. The van der Waals surface area contributed by atoms with E-state index < -0.39 is 5.97 Å². The Labute approximate surface area is 78.3 Å². The van der Waals surface area contributed by atoms with Crippen molar-refractivity contribution in [1.82, 2.24) is 5.43 Å². The number of rotatable bonds is 6. The van der Waals surface area contributed by atoms with Crippen LogP contribution in [0.15, 0.2) is 17.3 Å². The average molecular weight is 184 g/mol. The smallest absolute Gasteiger partial charge is 0.351 e. The predicted octanol–water partition coefficient (Wildman–Crippen LogP) is 1.39. The van der Waals surface area contributed by atoms with E-state index in [0.717, 1.165) is 12.8 Å². The number of nitrogens with zero attached hydrogens (tertiary/aromatic N) is 1. The first-order valence-electron chi connectivity index (χ1n) is 4.30. The summed E-state index contributed by atoms with van der Waals surface area (Å²) in [7, 11) is 0. The van der Waals surface area contributed by atoms with E-state index in [1.807, 2.05) is 13.0 Å². The third-order valence-electron chi connectivity index (χ3n) is 1.45. The van der Waals surface area contributed by atoms with E-state index in [-0.39, 0.29) is 5.71 Å². The van der Waals surface area contributed by atoms with Crippen LogP contribution in [0.25, 0.3) is 0 Å². The summed E-state index contributed by atoms with van der Waals surface area (Å²) in [5.41, 5.74) is 2.79. The van der Waals surface area contributed by atoms with Crippen molar-refractivity contribution in [1.29, 1.82) is 0 Å². The zero-order valence-electron chi connectivity index (χ0n) is 8.08. The van der Waals surface area contributed by atoms with Gasteiger partial charge in [0.15, 0.2) is 0 Å². The summed E-state index contributed by atoms with van der Waals surface area (Å²) >= 11 is 0. The fourth-order valence-corrected chi connectivity index (χ4v) is 0.688. The number of hydrogen-bond acceptors (Lipinski definition) is 3. The first-order valence-corrected chi connectivity index (χ1v) is 4.30. The number of unbranched alkanes of at least 4 members (excludes halogenated alkanes) is 1. The molecule has 0 heterocycles. The van der Waals surface area contributed by atoms with Gasteiger partial charge in [0.25, 0.3) is 0 Å². The highest BCUT2D eigenvalue weighted by Crippen LogP contribution is 1.88. The van der Waals surface area contributed by atoms with E-state index in [1.54, 1.807) is 0 Å². The molecule has 0 aromatic carbocycles. The minimum absolute atomic E-state index is 0.0889. The number of aliphatic carboxylic acids is 1. The fraction of sp³-hybridized carbons (Fsp3) is 0.556. The molecule has 4 nitrogen and oxygen atoms in total. The predicted molar refractivity (Wildman–Crippen MR) is 52.8 cm³/mol. The van der Waals surface area contributed by atoms with E-state index in [1.165, 1.54) is 6.92 Å². The molecule has 0 amide bonds. The van der Waals surface area contributed by atoms with E-state index in [2.05, 4.69) is 16.6 Å². The van der Waals surface area contributed by atoms with Gasteiger partial charge in [0, 0.05) is 6.54 Å². The number of carboxylic acid groups (broad SMARTS) is 1. The van der Waals surface area contributed by atoms with Crippen molar-refractivity contribution in [2.45, 2.75) is 26.7 Å². The van der Waals surface area contributed by atoms with Crippen LogP contribution in [0.5, 0.6) is 0 Å². The Morgan fingerprint density at radius 3 is 2.85 bits per heavy atom. The minimum Gasteiger partial charge on any atom is -0.477 e. The third kappa shape index (κ3) is 7.05. The number of nitrogens with one attached hydrogen (secondary N) is 1. The van der Waals surface area contributed by atoms with Gasteiger partial charge in [0.2, 0.25) is 0 Å². The lowest BCUT2D eigenvalue weighted by Crippen LogP contribution is -2.15. The Balaban J connectivity index is 3.44. The maximum atomic E-state index is 10.3. The summed E-state index contributed by atoms with van der Waals surface area (Å²) in [5, 5.41) is 12.1. The molecule has 0 aromatic rings. The van der Waals surface area contributed by atoms with Crippen molar-refractivity contribution in [3.05, 3.63) is 12.2 Å². The van der Waals surface area contributed by atoms with Crippen molar-refractivity contribution in [3.8, 4) is 0 Å². The summed E-state index contributed by atoms with van der Waals surface area (Å²) in [6.07, 6.45) is 6.01. The molecule has 0 aliphatic heterocycles. The Kier molecular flexibility index (Phi) is 6.59. The monoisotopic (exact) mass is 184 g/mol. The molecule has 0 spiro atoms. The molecule has 0 aliphatic carbocycles. The van der Waals surface area contributed by atoms with Crippen LogP contribution >= 0.6 is 0 Å². The SMILES string of the molecule is C/C=C/CCCN/N=C(/C)C(=O)O. The molecule has 0 aliphatic rings. The lowest BCUT2D eigenvalue weighted by Gasteiger charge is -1.98. The van der Waals surface area contributed by atoms with Crippen LogP contribution in [0, 0.1) is 0 Å². The summed E-state index contributed by atoms with van der Waals surface area (Å²) in [6.45, 7) is 4.14. The lowest BCUT2D eigenvalue weighted by molar-refractivity contribution is -0.129. The molecule has 0 atom stereocenters. The number of hydrazone groups is 1. The second-order valence-electron chi connectivity index (χ2n) is 2.62. The fourth-order valence-electron chi connectivity index (χ4n) is 0.688. The number of carboxylic acids is 1. The molecular formula is C9H16N2O2. The van der Waals surface area contributed by atoms with E-state index >= 15 is 0 Å². The van der Waals surface area contributed by atoms with Gasteiger partial charge in [-0.15, -0.1) is 0 Å². The first-order chi connectivity index (χ1) is 6.18. The van der Waals surface area contributed by atoms with Crippen LogP contribution in [-0.2, 0) is 4.79 Å². The van der Waals surface area contributed by atoms with Gasteiger partial charge >= 0.3 is 5.97 Å². The molecular weight excluding hydrogens is 168 g/mol. The highest BCUT2D eigenvalue weighted by molar-refractivity contribution is 6.34. The third-order valence-corrected chi connectivity index (χ3v) is 1.45. The zero-order valence-corrected chi connectivity index (χ0v) is 8.08. The molecule has 0 unspecified atom stereocenters. The van der Waals surface area contributed by atoms with Crippen molar-refractivity contribution in [2.24, 2.45) is 5.10 Å². The molecule has 13 heavy (non-hydrogen) atoms. The Morgan fingerprint density at radius 2 is 2.31 bits per heavy atom. The second-order valence-corrected chi connectivity index (χ2v) is 2.62. The van der Waals surface area contributed by atoms with E-state index in [0.29, 0.717) is 6.54 Å². The molecule has 4 heteroatoms. The Hall–Kier alpha value is -1.32. The lowest BCUT2D eigenvalue weighted by atomic mass is 10.3. The Morgan fingerprint density at radius 1 is 1.62 bits per heavy atom. The maximum Gasteiger partial charge on any atom is 0.351 e. The molecule has 0 saturated heterocycles. The maximum absolute atomic E-state index is 10.3. The summed E-state index contributed by atoms with van der Waals surface area (Å²) in [4.78, 5) is 10.3. The quantitative estimate of drug-likeness (QED) is 0.284. The number of hydrogen-bond donors (Lipinski definition) is 2. The van der Waals surface area contributed by atoms with Gasteiger partial charge in [-0.3, -0.25) is 0 Å². The molecule has 0 bridgehead atoms. The van der Waals surface area contributed by atoms with Crippen molar-refractivity contribution < 1.29 is 9.90 Å². The Bertz CT molecular complexity index is 210. The first kappa shape index (κ1) is 11.7. The summed E-state index contributed by atoms with van der Waals surface area (Å²) in [5.74, 6) is -0.985. The standard InChI is InChI=1S/C9H16N2O2/c1-3-4-5-6-7-10-11-8(2)9(12)13/h3-4,10H,5-7H2,1-2H3,(H,12,13)/b4-3+,11-8-. The van der Waals surface area contributed by atoms with Crippen LogP contribution in [0.4, 0.5) is 0 Å². The van der Waals surface area contributed by atoms with Gasteiger partial charge in [0.1, 0.15) is 5.71 Å². The van der Waals surface area contributed by atoms with Crippen LogP contribution in [0.3, 0.4) is 0 Å². The van der Waals surface area contributed by atoms with Gasteiger partial charge < -0.3 is 10.5 Å². The number of carbonyl (C=O) groups is 1. The van der Waals surface area contributed by atoms with Crippen LogP contribution in [-0.4, -0.2) is 23.3 Å². The zero-order chi connectivity index (χ0) is 10.1. The summed E-state index contributed by atoms with van der Waals surface area (Å²) in [6, 6.07) is 0. The van der Waals surface area contributed by atoms with Gasteiger partial charge in [0.05, 0.1) is 0 Å². The minimum atomic E-state index is -0.985. The van der Waals surface area contributed by atoms with Gasteiger partial charge in [-0.1, -0.05) is 12.2 Å². The van der Waals surface area contributed by atoms with Gasteiger partial charge in [-0.2, -0.15) is 5.10 Å². The van der Waals surface area contributed by atoms with Crippen molar-refractivity contribution in [3.63, 3.8) is 0 Å². The largest absolute Gasteiger partial charge is 0.477 e. The van der Waals surface area contributed by atoms with Crippen molar-refractivity contribution in [2.75, 3.05) is 6.54 Å². The highest BCUT2D eigenvalue weighted by atomic mass is 16.4. The van der Waals surface area contributed by atoms with E-state index in [9.17, 15) is 4.79 Å². The van der Waals surface area contributed by atoms with Crippen LogP contribution < -0.4 is 5.43 Å². The molecule has 0 saturated carbocycles. The van der Waals surface area contributed by atoms with Crippen LogP contribution in [0.2, 0.25) is 0 Å². The molecule has 2 N–H and O–H groups in total. The summed E-state index contributed by atoms with van der Waals surface area (Å²) < 4.78 is 0. The van der Waals surface area contributed by atoms with Crippen LogP contribution in [0.1, 0.15) is 26.7 Å². The van der Waals surface area contributed by atoms with Crippen molar-refractivity contribution >= 4 is 11.7 Å². The van der Waals surface area contributed by atoms with Gasteiger partial charge in [-0.05, 0) is 26.7 Å². The average Bonchev–Trinajstić information content (AvgIpc) is 2.10. The topological polar surface area (TPSA) is 61.7 Å². The van der Waals surface area contributed by atoms with E-state index in [4.69, 9.17) is 5.11 Å². The molecule has 0 radical (unpaired) electrons. The number of allylic oxidation sites excluding steroid dienone is 2.